The van der Waals surface area contributed by atoms with E-state index in [1.54, 1.807) is 38.4 Å². The fraction of sp³-hybridized carbons (Fsp3) is 0.278. The molecule has 9 nitrogen and oxygen atoms in total. The second kappa shape index (κ2) is 8.70. The van der Waals surface area contributed by atoms with Crippen LogP contribution in [0.15, 0.2) is 48.5 Å². The zero-order chi connectivity index (χ0) is 20.9. The molecule has 0 saturated carbocycles. The minimum absolute atomic E-state index is 0.0582. The lowest BCUT2D eigenvalue weighted by atomic mass is 10.2. The maximum Gasteiger partial charge on any atom is 0.271 e. The summed E-state index contributed by atoms with van der Waals surface area (Å²) in [5.41, 5.74) is 0.644. The van der Waals surface area contributed by atoms with Gasteiger partial charge in [0.25, 0.3) is 5.69 Å². The smallest absolute Gasteiger partial charge is 0.271 e. The number of ether oxygens (including phenoxy) is 1. The molecule has 0 aliphatic heterocycles. The fourth-order valence-corrected chi connectivity index (χ4v) is 3.34. The van der Waals surface area contributed by atoms with Gasteiger partial charge < -0.3 is 9.64 Å². The second-order valence-corrected chi connectivity index (χ2v) is 8.05. The Morgan fingerprint density at radius 1 is 1.18 bits per heavy atom. The summed E-state index contributed by atoms with van der Waals surface area (Å²) in [6.45, 7) is -0.192. The molecular weight excluding hydrogens is 386 g/mol. The van der Waals surface area contributed by atoms with Gasteiger partial charge in [0.05, 0.1) is 24.0 Å². The molecule has 150 valence electrons. The summed E-state index contributed by atoms with van der Waals surface area (Å²) in [5, 5.41) is 11.0. The number of amides is 1. The van der Waals surface area contributed by atoms with Crippen molar-refractivity contribution in [1.82, 2.24) is 4.90 Å². The van der Waals surface area contributed by atoms with Gasteiger partial charge >= 0.3 is 0 Å². The lowest BCUT2D eigenvalue weighted by Crippen LogP contribution is -2.41. The number of sulfonamides is 1. The highest BCUT2D eigenvalue weighted by atomic mass is 32.2. The van der Waals surface area contributed by atoms with Crippen LogP contribution in [0, 0.1) is 10.1 Å². The number of nitro groups is 1. The summed E-state index contributed by atoms with van der Waals surface area (Å²) in [7, 11) is -0.714. The number of nitro benzene ring substituents is 1. The first-order valence-corrected chi connectivity index (χ1v) is 10.1. The Labute approximate surface area is 163 Å². The molecule has 0 atom stereocenters. The van der Waals surface area contributed by atoms with E-state index >= 15 is 0 Å². The Bertz CT molecular complexity index is 960. The van der Waals surface area contributed by atoms with Gasteiger partial charge in [-0.25, -0.2) is 8.42 Å². The summed E-state index contributed by atoms with van der Waals surface area (Å²) in [6.07, 6.45) is 0.947. The van der Waals surface area contributed by atoms with Gasteiger partial charge in [0.2, 0.25) is 15.9 Å². The van der Waals surface area contributed by atoms with E-state index in [2.05, 4.69) is 0 Å². The predicted molar refractivity (Wildman–Crippen MR) is 105 cm³/mol. The monoisotopic (exact) mass is 407 g/mol. The second-order valence-electron chi connectivity index (χ2n) is 6.14. The summed E-state index contributed by atoms with van der Waals surface area (Å²) in [4.78, 5) is 24.3. The predicted octanol–water partition coefficient (Wildman–Crippen LogP) is 2.03. The summed E-state index contributed by atoms with van der Waals surface area (Å²) >= 11 is 0. The van der Waals surface area contributed by atoms with Crippen molar-refractivity contribution in [3.63, 3.8) is 0 Å². The molecule has 0 N–H and O–H groups in total. The van der Waals surface area contributed by atoms with Crippen molar-refractivity contribution < 1.29 is 22.9 Å². The Hall–Kier alpha value is -3.14. The number of hydrogen-bond donors (Lipinski definition) is 0. The fourth-order valence-electron chi connectivity index (χ4n) is 2.50. The van der Waals surface area contributed by atoms with E-state index in [9.17, 15) is 23.3 Å². The molecule has 28 heavy (non-hydrogen) atoms. The largest absolute Gasteiger partial charge is 0.497 e. The van der Waals surface area contributed by atoms with Gasteiger partial charge in [-0.3, -0.25) is 19.2 Å². The highest BCUT2D eigenvalue weighted by molar-refractivity contribution is 7.92. The normalized spacial score (nSPS) is 11.0. The molecule has 0 aliphatic carbocycles. The van der Waals surface area contributed by atoms with Crippen LogP contribution >= 0.6 is 0 Å². The molecule has 10 heteroatoms. The number of carbonyl (C=O) groups excluding carboxylic acids is 1. The Morgan fingerprint density at radius 3 is 2.36 bits per heavy atom. The minimum atomic E-state index is -3.82. The SMILES string of the molecule is COc1ccc(CN(C)C(=O)CN(c2cccc([N+](=O)[O-])c2)S(C)(=O)=O)cc1. The Morgan fingerprint density at radius 2 is 1.82 bits per heavy atom. The third-order valence-electron chi connectivity index (χ3n) is 4.01. The van der Waals surface area contributed by atoms with Gasteiger partial charge in [0.1, 0.15) is 12.3 Å². The molecule has 0 radical (unpaired) electrons. The molecule has 0 bridgehead atoms. The van der Waals surface area contributed by atoms with Gasteiger partial charge in [0, 0.05) is 25.7 Å². The van der Waals surface area contributed by atoms with Gasteiger partial charge in [-0.1, -0.05) is 18.2 Å². The van der Waals surface area contributed by atoms with Crippen molar-refractivity contribution in [2.45, 2.75) is 6.54 Å². The number of likely N-dealkylation sites (N-methyl/N-ethyl adjacent to an activating group) is 1. The van der Waals surface area contributed by atoms with Crippen molar-refractivity contribution in [2.75, 3.05) is 31.3 Å². The first-order chi connectivity index (χ1) is 13.1. The van der Waals surface area contributed by atoms with E-state index in [0.717, 1.165) is 22.2 Å². The Balaban J connectivity index is 2.18. The number of carbonyl (C=O) groups is 1. The van der Waals surface area contributed by atoms with Crippen LogP contribution in [0.2, 0.25) is 0 Å². The van der Waals surface area contributed by atoms with E-state index in [0.29, 0.717) is 5.75 Å². The number of methoxy groups -OCH3 is 1. The van der Waals surface area contributed by atoms with Crippen molar-refractivity contribution in [3.8, 4) is 5.75 Å². The van der Waals surface area contributed by atoms with Crippen LogP contribution < -0.4 is 9.04 Å². The molecule has 1 amide bonds. The molecular formula is C18H21N3O6S. The van der Waals surface area contributed by atoms with Crippen LogP contribution in [-0.2, 0) is 21.4 Å². The van der Waals surface area contributed by atoms with Crippen molar-refractivity contribution >= 4 is 27.3 Å². The van der Waals surface area contributed by atoms with E-state index in [4.69, 9.17) is 4.74 Å². The van der Waals surface area contributed by atoms with Crippen LogP contribution in [0.1, 0.15) is 5.56 Å². The van der Waals surface area contributed by atoms with Gasteiger partial charge in [-0.15, -0.1) is 0 Å². The third-order valence-corrected chi connectivity index (χ3v) is 5.15. The van der Waals surface area contributed by atoms with Crippen LogP contribution in [0.25, 0.3) is 0 Å². The highest BCUT2D eigenvalue weighted by Gasteiger charge is 2.24. The molecule has 0 fully saturated rings. The Kier molecular flexibility index (Phi) is 6.57. The van der Waals surface area contributed by atoms with Crippen LogP contribution in [0.5, 0.6) is 5.75 Å². The van der Waals surface area contributed by atoms with E-state index in [1.807, 2.05) is 0 Å². The lowest BCUT2D eigenvalue weighted by Gasteiger charge is -2.25. The van der Waals surface area contributed by atoms with Gasteiger partial charge in [0.15, 0.2) is 0 Å². The molecule has 0 aromatic heterocycles. The number of rotatable bonds is 8. The molecule has 0 unspecified atom stereocenters. The molecule has 0 aliphatic rings. The molecule has 0 saturated heterocycles. The first-order valence-electron chi connectivity index (χ1n) is 8.21. The van der Waals surface area contributed by atoms with E-state index in [1.165, 1.54) is 23.1 Å². The quantitative estimate of drug-likeness (QED) is 0.489. The number of nitrogens with zero attached hydrogens (tertiary/aromatic N) is 3. The van der Waals surface area contributed by atoms with Crippen LogP contribution in [0.4, 0.5) is 11.4 Å². The maximum absolute atomic E-state index is 12.6. The summed E-state index contributed by atoms with van der Waals surface area (Å²) < 4.78 is 30.3. The average Bonchev–Trinajstić information content (AvgIpc) is 2.65. The van der Waals surface area contributed by atoms with Crippen molar-refractivity contribution in [1.29, 1.82) is 0 Å². The summed E-state index contributed by atoms with van der Waals surface area (Å²) in [5.74, 6) is 0.236. The topological polar surface area (TPSA) is 110 Å². The zero-order valence-corrected chi connectivity index (χ0v) is 16.5. The van der Waals surface area contributed by atoms with Crippen molar-refractivity contribution in [3.05, 3.63) is 64.2 Å². The van der Waals surface area contributed by atoms with Gasteiger partial charge in [-0.2, -0.15) is 0 Å². The van der Waals surface area contributed by atoms with Crippen LogP contribution in [0.3, 0.4) is 0 Å². The average molecular weight is 407 g/mol. The number of benzene rings is 2. The molecule has 2 aromatic rings. The summed E-state index contributed by atoms with van der Waals surface area (Å²) in [6, 6.07) is 12.3. The molecule has 2 rings (SSSR count). The van der Waals surface area contributed by atoms with Crippen LogP contribution in [-0.4, -0.2) is 51.1 Å². The first kappa shape index (κ1) is 21.2. The lowest BCUT2D eigenvalue weighted by molar-refractivity contribution is -0.384. The highest BCUT2D eigenvalue weighted by Crippen LogP contribution is 2.23. The zero-order valence-electron chi connectivity index (χ0n) is 15.7. The van der Waals surface area contributed by atoms with Gasteiger partial charge in [-0.05, 0) is 23.8 Å². The molecule has 0 spiro atoms. The standard InChI is InChI=1S/C18H21N3O6S/c1-19(12-14-7-9-17(27-2)10-8-14)18(22)13-20(28(3,25)26)15-5-4-6-16(11-15)21(23)24/h4-11H,12-13H2,1-3H3. The third kappa shape index (κ3) is 5.43. The van der Waals surface area contributed by atoms with E-state index < -0.39 is 27.4 Å². The number of non-ortho nitro benzene ring substituents is 1. The van der Waals surface area contributed by atoms with Crippen molar-refractivity contribution in [2.24, 2.45) is 0 Å². The number of anilines is 1. The minimum Gasteiger partial charge on any atom is -0.497 e. The molecule has 0 heterocycles. The maximum atomic E-state index is 12.6. The number of hydrogen-bond acceptors (Lipinski definition) is 6. The molecule has 2 aromatic carbocycles. The van der Waals surface area contributed by atoms with E-state index in [-0.39, 0.29) is 17.9 Å².